The molecule has 2 aliphatic heterocycles. The third-order valence-electron chi connectivity index (χ3n) is 5.46. The molecule has 108 valence electrons. The Morgan fingerprint density at radius 3 is 2.25 bits per heavy atom. The van der Waals surface area contributed by atoms with Crippen molar-refractivity contribution >= 4 is 11.6 Å². The number of rotatable bonds is 0. The van der Waals surface area contributed by atoms with Crippen LogP contribution in [-0.4, -0.2) is 37.0 Å². The second-order valence-electron chi connectivity index (χ2n) is 6.40. The van der Waals surface area contributed by atoms with Gasteiger partial charge in [-0.2, -0.15) is 0 Å². The fraction of sp³-hybridized carbons (Fsp3) is 0.588. The molecule has 2 aliphatic rings. The average molecular weight is 272 g/mol. The van der Waals surface area contributed by atoms with Gasteiger partial charge in [0, 0.05) is 38.3 Å². The number of likely N-dealkylation sites (N-methyl/N-ethyl adjacent to an activating group) is 1. The van der Waals surface area contributed by atoms with E-state index in [0.717, 1.165) is 19.5 Å². The predicted octanol–water partition coefficient (Wildman–Crippen LogP) is 2.51. The second-order valence-corrected chi connectivity index (χ2v) is 6.40. The smallest absolute Gasteiger partial charge is 0.224 e. The number of nitrogens with zero attached hydrogens (tertiary/aromatic N) is 2. The lowest BCUT2D eigenvalue weighted by Gasteiger charge is -2.27. The molecule has 2 heterocycles. The standard InChI is InChI=1S/C17H24N2O/c1-10-11(2)13(4)17-15(12(10)3)8-14-9-16(20)18(5)6-7-19(14)17/h14H,6-9H2,1-5H3. The Balaban J connectivity index is 2.11. The van der Waals surface area contributed by atoms with Crippen LogP contribution in [0.4, 0.5) is 5.69 Å². The number of anilines is 1. The zero-order valence-electron chi connectivity index (χ0n) is 13.2. The molecule has 1 atom stereocenters. The lowest BCUT2D eigenvalue weighted by atomic mass is 9.92. The molecule has 1 saturated heterocycles. The van der Waals surface area contributed by atoms with Crippen LogP contribution in [0.2, 0.25) is 0 Å². The van der Waals surface area contributed by atoms with E-state index in [0.29, 0.717) is 12.5 Å². The van der Waals surface area contributed by atoms with Crippen LogP contribution in [0.25, 0.3) is 0 Å². The first kappa shape index (κ1) is 13.5. The highest BCUT2D eigenvalue weighted by Crippen LogP contribution is 2.42. The fourth-order valence-electron chi connectivity index (χ4n) is 3.75. The highest BCUT2D eigenvalue weighted by atomic mass is 16.2. The summed E-state index contributed by atoms with van der Waals surface area (Å²) < 4.78 is 0. The minimum atomic E-state index is 0.286. The van der Waals surface area contributed by atoms with E-state index in [4.69, 9.17) is 0 Å². The van der Waals surface area contributed by atoms with Crippen molar-refractivity contribution in [2.24, 2.45) is 0 Å². The van der Waals surface area contributed by atoms with Crippen LogP contribution >= 0.6 is 0 Å². The summed E-state index contributed by atoms with van der Waals surface area (Å²) in [6.45, 7) is 10.7. The SMILES string of the molecule is Cc1c(C)c(C)c2c(c1C)CC1CC(=O)N(C)CCN21. The first-order valence-electron chi connectivity index (χ1n) is 7.51. The zero-order chi connectivity index (χ0) is 14.6. The van der Waals surface area contributed by atoms with Crippen LogP contribution in [0.3, 0.4) is 0 Å². The molecule has 20 heavy (non-hydrogen) atoms. The molecule has 0 aromatic heterocycles. The van der Waals surface area contributed by atoms with E-state index < -0.39 is 0 Å². The van der Waals surface area contributed by atoms with E-state index in [-0.39, 0.29) is 5.91 Å². The highest BCUT2D eigenvalue weighted by molar-refractivity contribution is 5.80. The molecular formula is C17H24N2O. The minimum absolute atomic E-state index is 0.286. The molecule has 0 spiro atoms. The second kappa shape index (κ2) is 4.51. The van der Waals surface area contributed by atoms with Crippen molar-refractivity contribution in [2.45, 2.75) is 46.6 Å². The number of amides is 1. The number of hydrogen-bond donors (Lipinski definition) is 0. The summed E-state index contributed by atoms with van der Waals surface area (Å²) in [4.78, 5) is 16.5. The molecular weight excluding hydrogens is 248 g/mol. The van der Waals surface area contributed by atoms with Gasteiger partial charge in [-0.05, 0) is 61.9 Å². The van der Waals surface area contributed by atoms with Crippen molar-refractivity contribution < 1.29 is 4.79 Å². The summed E-state index contributed by atoms with van der Waals surface area (Å²) in [6.07, 6.45) is 1.69. The molecule has 1 fully saturated rings. The van der Waals surface area contributed by atoms with Crippen LogP contribution in [0.1, 0.15) is 34.2 Å². The Morgan fingerprint density at radius 2 is 1.55 bits per heavy atom. The zero-order valence-corrected chi connectivity index (χ0v) is 13.2. The van der Waals surface area contributed by atoms with Gasteiger partial charge in [0.2, 0.25) is 5.91 Å². The molecule has 1 amide bonds. The van der Waals surface area contributed by atoms with Gasteiger partial charge in [0.15, 0.2) is 0 Å². The lowest BCUT2D eigenvalue weighted by Crippen LogP contribution is -2.33. The van der Waals surface area contributed by atoms with Gasteiger partial charge < -0.3 is 9.80 Å². The summed E-state index contributed by atoms with van der Waals surface area (Å²) in [5.41, 5.74) is 8.56. The topological polar surface area (TPSA) is 23.6 Å². The third-order valence-corrected chi connectivity index (χ3v) is 5.46. The van der Waals surface area contributed by atoms with E-state index >= 15 is 0 Å². The Hall–Kier alpha value is -1.51. The molecule has 0 N–H and O–H groups in total. The van der Waals surface area contributed by atoms with Gasteiger partial charge in [0.1, 0.15) is 0 Å². The van der Waals surface area contributed by atoms with Gasteiger partial charge in [-0.3, -0.25) is 4.79 Å². The highest BCUT2D eigenvalue weighted by Gasteiger charge is 2.36. The molecule has 0 bridgehead atoms. The minimum Gasteiger partial charge on any atom is -0.365 e. The van der Waals surface area contributed by atoms with Crippen molar-refractivity contribution in [3.8, 4) is 0 Å². The van der Waals surface area contributed by atoms with Crippen LogP contribution in [-0.2, 0) is 11.2 Å². The van der Waals surface area contributed by atoms with Gasteiger partial charge in [-0.25, -0.2) is 0 Å². The molecule has 0 aliphatic carbocycles. The fourth-order valence-corrected chi connectivity index (χ4v) is 3.75. The van der Waals surface area contributed by atoms with E-state index in [1.807, 2.05) is 11.9 Å². The van der Waals surface area contributed by atoms with Crippen LogP contribution in [0.15, 0.2) is 0 Å². The molecule has 3 heteroatoms. The number of carbonyl (C=O) groups excluding carboxylic acids is 1. The van der Waals surface area contributed by atoms with E-state index in [9.17, 15) is 4.79 Å². The number of carbonyl (C=O) groups is 1. The lowest BCUT2D eigenvalue weighted by molar-refractivity contribution is -0.129. The molecule has 1 aromatic rings. The average Bonchev–Trinajstić information content (AvgIpc) is 2.72. The summed E-state index contributed by atoms with van der Waals surface area (Å²) in [5.74, 6) is 0.286. The first-order chi connectivity index (χ1) is 9.41. The molecule has 1 unspecified atom stereocenters. The van der Waals surface area contributed by atoms with Gasteiger partial charge in [0.05, 0.1) is 0 Å². The van der Waals surface area contributed by atoms with E-state index in [2.05, 4.69) is 32.6 Å². The Morgan fingerprint density at radius 1 is 0.900 bits per heavy atom. The first-order valence-corrected chi connectivity index (χ1v) is 7.51. The van der Waals surface area contributed by atoms with Crippen molar-refractivity contribution in [3.05, 3.63) is 27.8 Å². The monoisotopic (exact) mass is 272 g/mol. The molecule has 0 saturated carbocycles. The van der Waals surface area contributed by atoms with E-state index in [1.165, 1.54) is 33.5 Å². The molecule has 0 radical (unpaired) electrons. The normalized spacial score (nSPS) is 21.9. The van der Waals surface area contributed by atoms with E-state index in [1.54, 1.807) is 0 Å². The van der Waals surface area contributed by atoms with Crippen LogP contribution < -0.4 is 4.90 Å². The Labute approximate surface area is 121 Å². The quantitative estimate of drug-likeness (QED) is 0.724. The third kappa shape index (κ3) is 1.75. The van der Waals surface area contributed by atoms with Crippen LogP contribution in [0, 0.1) is 27.7 Å². The molecule has 1 aromatic carbocycles. The Bertz CT molecular complexity index is 591. The molecule has 3 nitrogen and oxygen atoms in total. The van der Waals surface area contributed by atoms with Crippen LogP contribution in [0.5, 0.6) is 0 Å². The number of hydrogen-bond acceptors (Lipinski definition) is 2. The van der Waals surface area contributed by atoms with Gasteiger partial charge in [-0.1, -0.05) is 0 Å². The van der Waals surface area contributed by atoms with Gasteiger partial charge in [-0.15, -0.1) is 0 Å². The predicted molar refractivity (Wildman–Crippen MR) is 82.5 cm³/mol. The van der Waals surface area contributed by atoms with Crippen molar-refractivity contribution in [3.63, 3.8) is 0 Å². The summed E-state index contributed by atoms with van der Waals surface area (Å²) >= 11 is 0. The Kier molecular flexibility index (Phi) is 3.03. The number of fused-ring (bicyclic) bond motifs is 3. The maximum Gasteiger partial charge on any atom is 0.224 e. The largest absolute Gasteiger partial charge is 0.365 e. The van der Waals surface area contributed by atoms with Crippen molar-refractivity contribution in [1.29, 1.82) is 0 Å². The van der Waals surface area contributed by atoms with Gasteiger partial charge >= 0.3 is 0 Å². The maximum atomic E-state index is 12.1. The number of benzene rings is 1. The molecule has 3 rings (SSSR count). The van der Waals surface area contributed by atoms with Gasteiger partial charge in [0.25, 0.3) is 0 Å². The van der Waals surface area contributed by atoms with Crippen molar-refractivity contribution in [1.82, 2.24) is 4.90 Å². The maximum absolute atomic E-state index is 12.1. The summed E-state index contributed by atoms with van der Waals surface area (Å²) in [7, 11) is 1.92. The summed E-state index contributed by atoms with van der Waals surface area (Å²) in [5, 5.41) is 0. The van der Waals surface area contributed by atoms with Crippen molar-refractivity contribution in [2.75, 3.05) is 25.0 Å². The summed E-state index contributed by atoms with van der Waals surface area (Å²) in [6, 6.07) is 0.362.